The van der Waals surface area contributed by atoms with E-state index in [0.29, 0.717) is 16.8 Å². The van der Waals surface area contributed by atoms with Gasteiger partial charge >= 0.3 is 0 Å². The molecule has 21 heavy (non-hydrogen) atoms. The molecular formula is C14H17N5OS. The minimum absolute atomic E-state index is 0.142. The van der Waals surface area contributed by atoms with Crippen LogP contribution in [-0.4, -0.2) is 49.6 Å². The van der Waals surface area contributed by atoms with Gasteiger partial charge in [-0.05, 0) is 18.9 Å². The lowest BCUT2D eigenvalue weighted by molar-refractivity contribution is -0.129. The van der Waals surface area contributed by atoms with Crippen molar-refractivity contribution in [1.82, 2.24) is 24.8 Å². The van der Waals surface area contributed by atoms with Crippen molar-refractivity contribution >= 4 is 17.7 Å². The number of hydrogen-bond acceptors (Lipinski definition) is 5. The molecule has 110 valence electrons. The summed E-state index contributed by atoms with van der Waals surface area (Å²) in [7, 11) is 0. The van der Waals surface area contributed by atoms with Crippen LogP contribution in [0.4, 0.5) is 0 Å². The van der Waals surface area contributed by atoms with Crippen molar-refractivity contribution in [2.75, 3.05) is 18.8 Å². The van der Waals surface area contributed by atoms with Gasteiger partial charge in [-0.1, -0.05) is 11.8 Å². The smallest absolute Gasteiger partial charge is 0.233 e. The first-order chi connectivity index (χ1) is 10.3. The lowest BCUT2D eigenvalue weighted by Crippen LogP contribution is -2.40. The van der Waals surface area contributed by atoms with Crippen LogP contribution in [0.1, 0.15) is 24.6 Å². The summed E-state index contributed by atoms with van der Waals surface area (Å²) in [5.74, 6) is 1.82. The number of aromatic nitrogens is 4. The molecule has 0 aliphatic carbocycles. The second-order valence-electron chi connectivity index (χ2n) is 4.97. The van der Waals surface area contributed by atoms with Crippen LogP contribution in [0.2, 0.25) is 0 Å². The van der Waals surface area contributed by atoms with Crippen molar-refractivity contribution < 1.29 is 4.79 Å². The highest BCUT2D eigenvalue weighted by Crippen LogP contribution is 2.25. The molecule has 1 atom stereocenters. The number of carbonyl (C=O) groups excluding carboxylic acids is 1. The van der Waals surface area contributed by atoms with Crippen molar-refractivity contribution in [2.24, 2.45) is 0 Å². The van der Waals surface area contributed by atoms with E-state index in [1.165, 1.54) is 11.8 Å². The summed E-state index contributed by atoms with van der Waals surface area (Å²) in [6.07, 6.45) is 9.06. The molecule has 0 saturated carbocycles. The maximum Gasteiger partial charge on any atom is 0.233 e. The van der Waals surface area contributed by atoms with Crippen molar-refractivity contribution in [3.05, 3.63) is 36.7 Å². The fourth-order valence-electron chi connectivity index (χ4n) is 2.51. The summed E-state index contributed by atoms with van der Waals surface area (Å²) >= 11 is 1.38. The van der Waals surface area contributed by atoms with E-state index in [-0.39, 0.29) is 5.91 Å². The van der Waals surface area contributed by atoms with Gasteiger partial charge in [-0.3, -0.25) is 4.79 Å². The second kappa shape index (κ2) is 6.71. The van der Waals surface area contributed by atoms with Crippen molar-refractivity contribution in [2.45, 2.75) is 23.9 Å². The summed E-state index contributed by atoms with van der Waals surface area (Å²) in [4.78, 5) is 29.9. The van der Waals surface area contributed by atoms with Crippen LogP contribution in [0.15, 0.2) is 36.0 Å². The van der Waals surface area contributed by atoms with Gasteiger partial charge in [-0.2, -0.15) is 0 Å². The predicted octanol–water partition coefficient (Wildman–Crippen LogP) is 1.70. The van der Waals surface area contributed by atoms with Crippen LogP contribution in [0.3, 0.4) is 0 Å². The van der Waals surface area contributed by atoms with Crippen molar-refractivity contribution in [1.29, 1.82) is 0 Å². The summed E-state index contributed by atoms with van der Waals surface area (Å²) in [6.45, 7) is 1.56. The van der Waals surface area contributed by atoms with Crippen LogP contribution in [-0.2, 0) is 4.79 Å². The Balaban J connectivity index is 1.55. The number of nitrogens with one attached hydrogen (secondary N) is 1. The first-order valence-corrected chi connectivity index (χ1v) is 7.98. The zero-order valence-corrected chi connectivity index (χ0v) is 12.4. The number of H-pyrrole nitrogens is 1. The maximum atomic E-state index is 12.3. The molecule has 6 nitrogen and oxygen atoms in total. The van der Waals surface area contributed by atoms with Gasteiger partial charge < -0.3 is 9.88 Å². The highest BCUT2D eigenvalue weighted by molar-refractivity contribution is 7.99. The molecule has 0 aromatic carbocycles. The molecule has 1 fully saturated rings. The Hall–Kier alpha value is -1.89. The van der Waals surface area contributed by atoms with E-state index in [9.17, 15) is 4.79 Å². The standard InChI is InChI=1S/C14H17N5OS/c20-12(10-21-14-17-4-2-5-18-14)19-8-1-3-11(9-19)13-15-6-7-16-13/h2,4-7,11H,1,3,8-10H2,(H,15,16)/t11-/m0/s1. The summed E-state index contributed by atoms with van der Waals surface area (Å²) in [5, 5.41) is 0.644. The van der Waals surface area contributed by atoms with Gasteiger partial charge in [0.15, 0.2) is 5.16 Å². The van der Waals surface area contributed by atoms with Crippen LogP contribution in [0.25, 0.3) is 0 Å². The number of likely N-dealkylation sites (tertiary alicyclic amines) is 1. The quantitative estimate of drug-likeness (QED) is 0.687. The number of carbonyl (C=O) groups is 1. The Bertz CT molecular complexity index is 574. The van der Waals surface area contributed by atoms with Gasteiger partial charge in [-0.15, -0.1) is 0 Å². The molecule has 1 saturated heterocycles. The Morgan fingerprint density at radius 2 is 2.19 bits per heavy atom. The minimum Gasteiger partial charge on any atom is -0.348 e. The van der Waals surface area contributed by atoms with Crippen LogP contribution < -0.4 is 0 Å². The number of piperidine rings is 1. The fraction of sp³-hybridized carbons (Fsp3) is 0.429. The van der Waals surface area contributed by atoms with E-state index >= 15 is 0 Å². The van der Waals surface area contributed by atoms with Gasteiger partial charge in [-0.25, -0.2) is 15.0 Å². The Morgan fingerprint density at radius 3 is 2.95 bits per heavy atom. The molecule has 2 aromatic heterocycles. The number of amides is 1. The molecule has 1 aliphatic rings. The molecular weight excluding hydrogens is 286 g/mol. The van der Waals surface area contributed by atoms with E-state index in [2.05, 4.69) is 19.9 Å². The topological polar surface area (TPSA) is 74.8 Å². The number of rotatable bonds is 4. The molecule has 3 rings (SSSR count). The van der Waals surface area contributed by atoms with E-state index in [4.69, 9.17) is 0 Å². The predicted molar refractivity (Wildman–Crippen MR) is 79.9 cm³/mol. The zero-order chi connectivity index (χ0) is 14.5. The van der Waals surface area contributed by atoms with Crippen LogP contribution >= 0.6 is 11.8 Å². The Morgan fingerprint density at radius 1 is 1.33 bits per heavy atom. The Labute approximate surface area is 127 Å². The van der Waals surface area contributed by atoms with Gasteiger partial charge in [0, 0.05) is 43.8 Å². The molecule has 0 bridgehead atoms. The molecule has 1 N–H and O–H groups in total. The Kier molecular flexibility index (Phi) is 4.49. The van der Waals surface area contributed by atoms with Crippen LogP contribution in [0.5, 0.6) is 0 Å². The molecule has 0 unspecified atom stereocenters. The number of hydrogen-bond donors (Lipinski definition) is 1. The molecule has 2 aromatic rings. The molecule has 7 heteroatoms. The number of aromatic amines is 1. The monoisotopic (exact) mass is 303 g/mol. The molecule has 0 radical (unpaired) electrons. The molecule has 1 amide bonds. The molecule has 0 spiro atoms. The lowest BCUT2D eigenvalue weighted by atomic mass is 9.97. The molecule has 3 heterocycles. The molecule has 1 aliphatic heterocycles. The highest BCUT2D eigenvalue weighted by atomic mass is 32.2. The van der Waals surface area contributed by atoms with E-state index < -0.39 is 0 Å². The average Bonchev–Trinajstić information content (AvgIpc) is 3.08. The van der Waals surface area contributed by atoms with E-state index in [0.717, 1.165) is 31.8 Å². The average molecular weight is 303 g/mol. The SMILES string of the molecule is O=C(CSc1ncccn1)N1CCC[C@H](c2ncc[nH]2)C1. The summed E-state index contributed by atoms with van der Waals surface area (Å²) in [5.41, 5.74) is 0. The fourth-order valence-corrected chi connectivity index (χ4v) is 3.21. The van der Waals surface area contributed by atoms with Crippen LogP contribution in [0, 0.1) is 0 Å². The normalized spacial score (nSPS) is 18.7. The van der Waals surface area contributed by atoms with Crippen molar-refractivity contribution in [3.8, 4) is 0 Å². The van der Waals surface area contributed by atoms with E-state index in [1.54, 1.807) is 24.7 Å². The van der Waals surface area contributed by atoms with E-state index in [1.807, 2.05) is 11.1 Å². The first-order valence-electron chi connectivity index (χ1n) is 7.00. The number of imidazole rings is 1. The summed E-state index contributed by atoms with van der Waals surface area (Å²) in [6, 6.07) is 1.77. The third kappa shape index (κ3) is 3.60. The maximum absolute atomic E-state index is 12.3. The van der Waals surface area contributed by atoms with Gasteiger partial charge in [0.05, 0.1) is 5.75 Å². The van der Waals surface area contributed by atoms with Gasteiger partial charge in [0.2, 0.25) is 5.91 Å². The second-order valence-corrected chi connectivity index (χ2v) is 5.92. The minimum atomic E-state index is 0.142. The first kappa shape index (κ1) is 14.1. The third-order valence-corrected chi connectivity index (χ3v) is 4.41. The van der Waals surface area contributed by atoms with Gasteiger partial charge in [0.25, 0.3) is 0 Å². The third-order valence-electron chi connectivity index (χ3n) is 3.55. The van der Waals surface area contributed by atoms with Crippen molar-refractivity contribution in [3.63, 3.8) is 0 Å². The highest BCUT2D eigenvalue weighted by Gasteiger charge is 2.26. The van der Waals surface area contributed by atoms with Gasteiger partial charge in [0.1, 0.15) is 5.82 Å². The number of thioether (sulfide) groups is 1. The lowest BCUT2D eigenvalue weighted by Gasteiger charge is -2.31. The largest absolute Gasteiger partial charge is 0.348 e. The summed E-state index contributed by atoms with van der Waals surface area (Å²) < 4.78 is 0. The zero-order valence-electron chi connectivity index (χ0n) is 11.6. The number of nitrogens with zero attached hydrogens (tertiary/aromatic N) is 4.